The van der Waals surface area contributed by atoms with Crippen LogP contribution in [-0.4, -0.2) is 12.2 Å². The van der Waals surface area contributed by atoms with Crippen molar-refractivity contribution in [2.45, 2.75) is 13.0 Å². The van der Waals surface area contributed by atoms with Gasteiger partial charge in [0.05, 0.1) is 6.04 Å². The normalized spacial score (nSPS) is 12.2. The standard InChI is InChI=1S/C8H12N2S2/c1-6(10-8(11)9-2)7-4-3-5-12-7/h3-6H,1-2H3,(H2,9,10,11)/t6-/m1/s1. The average molecular weight is 200 g/mol. The maximum Gasteiger partial charge on any atom is 0.166 e. The summed E-state index contributed by atoms with van der Waals surface area (Å²) in [6.07, 6.45) is 0. The highest BCUT2D eigenvalue weighted by Gasteiger charge is 2.05. The highest BCUT2D eigenvalue weighted by molar-refractivity contribution is 7.80. The molecule has 4 heteroatoms. The minimum Gasteiger partial charge on any atom is -0.366 e. The summed E-state index contributed by atoms with van der Waals surface area (Å²) in [6, 6.07) is 4.44. The Labute approximate surface area is 82.0 Å². The Kier molecular flexibility index (Phi) is 3.49. The zero-order valence-corrected chi connectivity index (χ0v) is 8.76. The molecule has 0 aliphatic heterocycles. The minimum atomic E-state index is 0.296. The van der Waals surface area contributed by atoms with E-state index in [1.807, 2.05) is 13.1 Å². The summed E-state index contributed by atoms with van der Waals surface area (Å²) in [5.74, 6) is 0. The van der Waals surface area contributed by atoms with E-state index in [0.717, 1.165) is 0 Å². The second-order valence-electron chi connectivity index (χ2n) is 2.46. The third-order valence-corrected chi connectivity index (χ3v) is 2.92. The molecule has 2 N–H and O–H groups in total. The molecule has 0 aromatic carbocycles. The molecule has 2 nitrogen and oxygen atoms in total. The molecular formula is C8H12N2S2. The number of thiocarbonyl (C=S) groups is 1. The lowest BCUT2D eigenvalue weighted by Gasteiger charge is -2.13. The molecule has 1 rings (SSSR count). The first-order chi connectivity index (χ1) is 5.74. The van der Waals surface area contributed by atoms with Gasteiger partial charge in [0, 0.05) is 11.9 Å². The van der Waals surface area contributed by atoms with Crippen molar-refractivity contribution in [2.24, 2.45) is 0 Å². The zero-order chi connectivity index (χ0) is 8.97. The lowest BCUT2D eigenvalue weighted by atomic mass is 10.3. The van der Waals surface area contributed by atoms with E-state index in [-0.39, 0.29) is 0 Å². The van der Waals surface area contributed by atoms with Crippen LogP contribution in [0.4, 0.5) is 0 Å². The predicted molar refractivity (Wildman–Crippen MR) is 57.5 cm³/mol. The van der Waals surface area contributed by atoms with Crippen molar-refractivity contribution >= 4 is 28.7 Å². The second-order valence-corrected chi connectivity index (χ2v) is 3.85. The summed E-state index contributed by atoms with van der Waals surface area (Å²) in [5, 5.41) is 8.80. The van der Waals surface area contributed by atoms with Crippen LogP contribution in [0.2, 0.25) is 0 Å². The van der Waals surface area contributed by atoms with Crippen LogP contribution in [0, 0.1) is 0 Å². The molecule has 0 saturated carbocycles. The van der Waals surface area contributed by atoms with Crippen LogP contribution in [-0.2, 0) is 0 Å². The van der Waals surface area contributed by atoms with Gasteiger partial charge in [-0.25, -0.2) is 0 Å². The Morgan fingerprint density at radius 2 is 2.42 bits per heavy atom. The quantitative estimate of drug-likeness (QED) is 0.713. The lowest BCUT2D eigenvalue weighted by molar-refractivity contribution is 0.723. The molecule has 0 spiro atoms. The largest absolute Gasteiger partial charge is 0.366 e. The van der Waals surface area contributed by atoms with E-state index < -0.39 is 0 Å². The van der Waals surface area contributed by atoms with Gasteiger partial charge in [0.15, 0.2) is 5.11 Å². The molecule has 0 fully saturated rings. The predicted octanol–water partition coefficient (Wildman–Crippen LogP) is 1.90. The van der Waals surface area contributed by atoms with E-state index in [9.17, 15) is 0 Å². The molecule has 1 aromatic heterocycles. The van der Waals surface area contributed by atoms with Gasteiger partial charge in [0.1, 0.15) is 0 Å². The molecular weight excluding hydrogens is 188 g/mol. The molecule has 1 heterocycles. The molecule has 1 atom stereocenters. The summed E-state index contributed by atoms with van der Waals surface area (Å²) in [4.78, 5) is 1.30. The van der Waals surface area contributed by atoms with Crippen molar-refractivity contribution in [1.82, 2.24) is 10.6 Å². The first-order valence-electron chi connectivity index (χ1n) is 3.75. The van der Waals surface area contributed by atoms with Gasteiger partial charge in [0.25, 0.3) is 0 Å². The second kappa shape index (κ2) is 4.42. The van der Waals surface area contributed by atoms with Crippen LogP contribution in [0.15, 0.2) is 17.5 Å². The molecule has 0 aliphatic rings. The van der Waals surface area contributed by atoms with E-state index in [1.54, 1.807) is 11.3 Å². The third-order valence-electron chi connectivity index (χ3n) is 1.54. The molecule has 0 aliphatic carbocycles. The summed E-state index contributed by atoms with van der Waals surface area (Å²) < 4.78 is 0. The molecule has 0 bridgehead atoms. The van der Waals surface area contributed by atoms with Crippen LogP contribution in [0.25, 0.3) is 0 Å². The lowest BCUT2D eigenvalue weighted by Crippen LogP contribution is -2.33. The molecule has 12 heavy (non-hydrogen) atoms. The van der Waals surface area contributed by atoms with Gasteiger partial charge >= 0.3 is 0 Å². The Morgan fingerprint density at radius 1 is 1.67 bits per heavy atom. The Morgan fingerprint density at radius 3 is 2.92 bits per heavy atom. The topological polar surface area (TPSA) is 24.1 Å². The van der Waals surface area contributed by atoms with Crippen LogP contribution in [0.5, 0.6) is 0 Å². The van der Waals surface area contributed by atoms with E-state index in [2.05, 4.69) is 29.0 Å². The Hall–Kier alpha value is -0.610. The van der Waals surface area contributed by atoms with Gasteiger partial charge in [-0.3, -0.25) is 0 Å². The fraction of sp³-hybridized carbons (Fsp3) is 0.375. The van der Waals surface area contributed by atoms with E-state index in [4.69, 9.17) is 12.2 Å². The smallest absolute Gasteiger partial charge is 0.166 e. The maximum absolute atomic E-state index is 4.99. The first kappa shape index (κ1) is 9.48. The summed E-state index contributed by atoms with van der Waals surface area (Å²) in [6.45, 7) is 2.09. The fourth-order valence-electron chi connectivity index (χ4n) is 0.878. The van der Waals surface area contributed by atoms with Crippen molar-refractivity contribution in [3.05, 3.63) is 22.4 Å². The Balaban J connectivity index is 2.49. The number of thiophene rings is 1. The van der Waals surface area contributed by atoms with Gasteiger partial charge < -0.3 is 10.6 Å². The van der Waals surface area contributed by atoms with Crippen LogP contribution < -0.4 is 10.6 Å². The molecule has 1 aromatic rings. The highest BCUT2D eigenvalue weighted by atomic mass is 32.1. The SMILES string of the molecule is CNC(=S)N[C@H](C)c1cccs1. The summed E-state index contributed by atoms with van der Waals surface area (Å²) >= 11 is 6.72. The van der Waals surface area contributed by atoms with Gasteiger partial charge in [-0.1, -0.05) is 6.07 Å². The van der Waals surface area contributed by atoms with Crippen LogP contribution >= 0.6 is 23.6 Å². The van der Waals surface area contributed by atoms with Crippen molar-refractivity contribution in [3.8, 4) is 0 Å². The van der Waals surface area contributed by atoms with E-state index in [1.165, 1.54) is 4.88 Å². The van der Waals surface area contributed by atoms with Gasteiger partial charge in [-0.2, -0.15) is 0 Å². The number of nitrogens with one attached hydrogen (secondary N) is 2. The third kappa shape index (κ3) is 2.46. The minimum absolute atomic E-state index is 0.296. The van der Waals surface area contributed by atoms with Gasteiger partial charge in [0.2, 0.25) is 0 Å². The molecule has 0 radical (unpaired) electrons. The zero-order valence-electron chi connectivity index (χ0n) is 7.13. The monoisotopic (exact) mass is 200 g/mol. The van der Waals surface area contributed by atoms with Crippen molar-refractivity contribution in [3.63, 3.8) is 0 Å². The maximum atomic E-state index is 4.99. The number of hydrogen-bond donors (Lipinski definition) is 2. The molecule has 0 amide bonds. The Bertz CT molecular complexity index is 244. The van der Waals surface area contributed by atoms with Crippen LogP contribution in [0.3, 0.4) is 0 Å². The molecule has 0 unspecified atom stereocenters. The summed E-state index contributed by atoms with van der Waals surface area (Å²) in [5.41, 5.74) is 0. The highest BCUT2D eigenvalue weighted by Crippen LogP contribution is 2.17. The van der Waals surface area contributed by atoms with Crippen molar-refractivity contribution in [2.75, 3.05) is 7.05 Å². The number of rotatable bonds is 2. The number of hydrogen-bond acceptors (Lipinski definition) is 2. The molecule has 0 saturated heterocycles. The van der Waals surface area contributed by atoms with Crippen molar-refractivity contribution in [1.29, 1.82) is 0 Å². The van der Waals surface area contributed by atoms with E-state index in [0.29, 0.717) is 11.2 Å². The first-order valence-corrected chi connectivity index (χ1v) is 5.04. The average Bonchev–Trinajstić information content (AvgIpc) is 2.56. The molecule has 66 valence electrons. The van der Waals surface area contributed by atoms with Crippen molar-refractivity contribution < 1.29 is 0 Å². The van der Waals surface area contributed by atoms with Gasteiger partial charge in [-0.15, -0.1) is 11.3 Å². The summed E-state index contributed by atoms with van der Waals surface area (Å²) in [7, 11) is 1.82. The fourth-order valence-corrected chi connectivity index (χ4v) is 1.79. The van der Waals surface area contributed by atoms with Crippen LogP contribution in [0.1, 0.15) is 17.8 Å². The van der Waals surface area contributed by atoms with Gasteiger partial charge in [-0.05, 0) is 30.6 Å². The van der Waals surface area contributed by atoms with E-state index >= 15 is 0 Å².